The SMILES string of the molecule is COCCCN(CCC(=O)N1CCNCC1)C(=O)c1cccc(N(C)C)c1.O=C(O)C(F)(F)F. The van der Waals surface area contributed by atoms with Gasteiger partial charge in [-0.25, -0.2) is 4.79 Å². The Bertz CT molecular complexity index is 799. The van der Waals surface area contributed by atoms with Gasteiger partial charge in [-0.15, -0.1) is 0 Å². The topological polar surface area (TPSA) is 102 Å². The number of alkyl halides is 3. The Labute approximate surface area is 197 Å². The molecule has 0 spiro atoms. The average molecular weight is 491 g/mol. The van der Waals surface area contributed by atoms with Crippen LogP contribution in [0.25, 0.3) is 0 Å². The number of halogens is 3. The predicted octanol–water partition coefficient (Wildman–Crippen LogP) is 1.69. The fourth-order valence-corrected chi connectivity index (χ4v) is 3.12. The summed E-state index contributed by atoms with van der Waals surface area (Å²) in [5.74, 6) is -2.68. The highest BCUT2D eigenvalue weighted by molar-refractivity contribution is 5.95. The first-order valence-electron chi connectivity index (χ1n) is 10.8. The molecule has 1 aromatic carbocycles. The van der Waals surface area contributed by atoms with E-state index in [2.05, 4.69) is 5.32 Å². The van der Waals surface area contributed by atoms with E-state index in [1.165, 1.54) is 0 Å². The monoisotopic (exact) mass is 490 g/mol. The van der Waals surface area contributed by atoms with E-state index in [9.17, 15) is 22.8 Å². The van der Waals surface area contributed by atoms with E-state index in [-0.39, 0.29) is 11.8 Å². The van der Waals surface area contributed by atoms with Crippen molar-refractivity contribution >= 4 is 23.5 Å². The zero-order chi connectivity index (χ0) is 25.7. The molecule has 192 valence electrons. The summed E-state index contributed by atoms with van der Waals surface area (Å²) >= 11 is 0. The van der Waals surface area contributed by atoms with Crippen LogP contribution in [0.2, 0.25) is 0 Å². The fraction of sp³-hybridized carbons (Fsp3) is 0.591. The van der Waals surface area contributed by atoms with Crippen LogP contribution in [-0.2, 0) is 14.3 Å². The van der Waals surface area contributed by atoms with Crippen molar-refractivity contribution in [3.8, 4) is 0 Å². The molecule has 0 unspecified atom stereocenters. The third-order valence-corrected chi connectivity index (χ3v) is 4.98. The van der Waals surface area contributed by atoms with Crippen LogP contribution in [0.1, 0.15) is 23.2 Å². The maximum atomic E-state index is 13.0. The van der Waals surface area contributed by atoms with Crippen LogP contribution >= 0.6 is 0 Å². The van der Waals surface area contributed by atoms with Gasteiger partial charge in [0.2, 0.25) is 5.91 Å². The summed E-state index contributed by atoms with van der Waals surface area (Å²) in [7, 11) is 5.55. The molecular formula is C22H33F3N4O5. The van der Waals surface area contributed by atoms with Crippen molar-refractivity contribution in [3.05, 3.63) is 29.8 Å². The molecule has 2 amide bonds. The third kappa shape index (κ3) is 10.4. The second kappa shape index (κ2) is 14.4. The highest BCUT2D eigenvalue weighted by Gasteiger charge is 2.38. The Hall–Kier alpha value is -2.86. The van der Waals surface area contributed by atoms with Gasteiger partial charge in [0.05, 0.1) is 0 Å². The van der Waals surface area contributed by atoms with Crippen LogP contribution in [0.4, 0.5) is 18.9 Å². The van der Waals surface area contributed by atoms with Crippen molar-refractivity contribution in [2.75, 3.05) is 72.0 Å². The number of benzene rings is 1. The quantitative estimate of drug-likeness (QED) is 0.508. The molecule has 1 fully saturated rings. The van der Waals surface area contributed by atoms with Crippen LogP contribution in [0.3, 0.4) is 0 Å². The largest absolute Gasteiger partial charge is 0.490 e. The molecule has 0 aliphatic carbocycles. The van der Waals surface area contributed by atoms with Gasteiger partial charge in [-0.3, -0.25) is 9.59 Å². The molecule has 2 N–H and O–H groups in total. The van der Waals surface area contributed by atoms with Crippen molar-refractivity contribution in [3.63, 3.8) is 0 Å². The van der Waals surface area contributed by atoms with Gasteiger partial charge in [0, 0.05) is 84.8 Å². The number of piperazine rings is 1. The van der Waals surface area contributed by atoms with Crippen LogP contribution < -0.4 is 10.2 Å². The predicted molar refractivity (Wildman–Crippen MR) is 121 cm³/mol. The van der Waals surface area contributed by atoms with E-state index in [0.29, 0.717) is 31.7 Å². The Balaban J connectivity index is 0.000000718. The van der Waals surface area contributed by atoms with E-state index >= 15 is 0 Å². The number of aliphatic carboxylic acids is 1. The Morgan fingerprint density at radius 1 is 1.15 bits per heavy atom. The third-order valence-electron chi connectivity index (χ3n) is 4.98. The molecule has 0 aromatic heterocycles. The minimum atomic E-state index is -5.08. The number of amides is 2. The molecule has 0 radical (unpaired) electrons. The van der Waals surface area contributed by atoms with E-state index in [0.717, 1.165) is 38.3 Å². The molecular weight excluding hydrogens is 457 g/mol. The first-order valence-corrected chi connectivity index (χ1v) is 10.8. The van der Waals surface area contributed by atoms with E-state index in [4.69, 9.17) is 14.6 Å². The normalized spacial score (nSPS) is 13.5. The van der Waals surface area contributed by atoms with Crippen LogP contribution in [-0.4, -0.2) is 106 Å². The number of methoxy groups -OCH3 is 1. The number of carboxylic acid groups (broad SMARTS) is 1. The van der Waals surface area contributed by atoms with Gasteiger partial charge in [0.25, 0.3) is 5.91 Å². The maximum absolute atomic E-state index is 13.0. The minimum absolute atomic E-state index is 0.0390. The highest BCUT2D eigenvalue weighted by Crippen LogP contribution is 2.16. The van der Waals surface area contributed by atoms with Crippen molar-refractivity contribution in [2.45, 2.75) is 19.0 Å². The molecule has 34 heavy (non-hydrogen) atoms. The lowest BCUT2D eigenvalue weighted by Crippen LogP contribution is -2.47. The van der Waals surface area contributed by atoms with Gasteiger partial charge in [-0.1, -0.05) is 6.07 Å². The lowest BCUT2D eigenvalue weighted by atomic mass is 10.1. The summed E-state index contributed by atoms with van der Waals surface area (Å²) in [4.78, 5) is 40.0. The second-order valence-electron chi connectivity index (χ2n) is 7.77. The van der Waals surface area contributed by atoms with Crippen molar-refractivity contribution in [1.82, 2.24) is 15.1 Å². The van der Waals surface area contributed by atoms with Crippen molar-refractivity contribution in [2.24, 2.45) is 0 Å². The number of ether oxygens (including phenoxy) is 1. The molecule has 1 aliphatic heterocycles. The van der Waals surface area contributed by atoms with Gasteiger partial charge in [-0.2, -0.15) is 13.2 Å². The van der Waals surface area contributed by atoms with Gasteiger partial charge < -0.3 is 29.9 Å². The number of nitrogens with one attached hydrogen (secondary N) is 1. The zero-order valence-corrected chi connectivity index (χ0v) is 19.7. The fourth-order valence-electron chi connectivity index (χ4n) is 3.12. The Morgan fingerprint density at radius 3 is 2.29 bits per heavy atom. The van der Waals surface area contributed by atoms with Crippen LogP contribution in [0.5, 0.6) is 0 Å². The van der Waals surface area contributed by atoms with Gasteiger partial charge in [0.15, 0.2) is 0 Å². The summed E-state index contributed by atoms with van der Waals surface area (Å²) in [6, 6.07) is 7.59. The van der Waals surface area contributed by atoms with E-state index in [1.54, 1.807) is 12.0 Å². The number of anilines is 1. The number of carboxylic acids is 1. The minimum Gasteiger partial charge on any atom is -0.475 e. The number of carbonyl (C=O) groups excluding carboxylic acids is 2. The number of hydrogen-bond acceptors (Lipinski definition) is 6. The van der Waals surface area contributed by atoms with Gasteiger partial charge >= 0.3 is 12.1 Å². The molecule has 12 heteroatoms. The van der Waals surface area contributed by atoms with Crippen LogP contribution in [0, 0.1) is 0 Å². The summed E-state index contributed by atoms with van der Waals surface area (Å²) < 4.78 is 36.9. The molecule has 2 rings (SSSR count). The molecule has 9 nitrogen and oxygen atoms in total. The molecule has 0 saturated carbocycles. The summed E-state index contributed by atoms with van der Waals surface area (Å²) in [5.41, 5.74) is 1.63. The molecule has 1 heterocycles. The number of rotatable bonds is 9. The highest BCUT2D eigenvalue weighted by atomic mass is 19.4. The number of nitrogens with zero attached hydrogens (tertiary/aromatic N) is 3. The summed E-state index contributed by atoms with van der Waals surface area (Å²) in [5, 5.41) is 10.4. The van der Waals surface area contributed by atoms with Gasteiger partial charge in [0.1, 0.15) is 0 Å². The maximum Gasteiger partial charge on any atom is 0.490 e. The first-order chi connectivity index (χ1) is 16.0. The molecule has 1 aromatic rings. The first kappa shape index (κ1) is 29.2. The van der Waals surface area contributed by atoms with E-state index < -0.39 is 12.1 Å². The molecule has 0 atom stereocenters. The zero-order valence-electron chi connectivity index (χ0n) is 19.7. The van der Waals surface area contributed by atoms with Crippen LogP contribution in [0.15, 0.2) is 24.3 Å². The lowest BCUT2D eigenvalue weighted by molar-refractivity contribution is -0.192. The Kier molecular flexibility index (Phi) is 12.4. The molecule has 0 bridgehead atoms. The smallest absolute Gasteiger partial charge is 0.475 e. The van der Waals surface area contributed by atoms with Crippen molar-refractivity contribution < 1.29 is 37.4 Å². The standard InChI is InChI=1S/C20H32N4O3.C2HF3O2/c1-22(2)18-7-4-6-17(16-18)20(26)24(11-5-15-27-3)12-8-19(25)23-13-9-21-10-14-23;3-2(4,5)1(6)7/h4,6-7,16,21H,5,8-15H2,1-3H3;(H,6,7). The van der Waals surface area contributed by atoms with E-state index in [1.807, 2.05) is 48.2 Å². The van der Waals surface area contributed by atoms with Crippen molar-refractivity contribution in [1.29, 1.82) is 0 Å². The molecule has 1 aliphatic rings. The van der Waals surface area contributed by atoms with Gasteiger partial charge in [-0.05, 0) is 24.6 Å². The second-order valence-corrected chi connectivity index (χ2v) is 7.77. The molecule has 1 saturated heterocycles. The average Bonchev–Trinajstić information content (AvgIpc) is 2.81. The Morgan fingerprint density at radius 2 is 1.76 bits per heavy atom. The number of hydrogen-bond donors (Lipinski definition) is 2. The summed E-state index contributed by atoms with van der Waals surface area (Å²) in [6.07, 6.45) is -3.98. The number of carbonyl (C=O) groups is 3. The lowest BCUT2D eigenvalue weighted by Gasteiger charge is -2.29. The summed E-state index contributed by atoms with van der Waals surface area (Å²) in [6.45, 7) is 4.74.